The summed E-state index contributed by atoms with van der Waals surface area (Å²) in [6, 6.07) is 7.90. The van der Waals surface area contributed by atoms with Crippen molar-refractivity contribution in [3.63, 3.8) is 0 Å². The van der Waals surface area contributed by atoms with Crippen molar-refractivity contribution in [2.24, 2.45) is 0 Å². The third-order valence-corrected chi connectivity index (χ3v) is 9.76. The van der Waals surface area contributed by atoms with Crippen LogP contribution in [0.1, 0.15) is 5.69 Å². The van der Waals surface area contributed by atoms with Crippen molar-refractivity contribution >= 4 is 55.4 Å². The summed E-state index contributed by atoms with van der Waals surface area (Å²) in [5.74, 6) is 0. The Morgan fingerprint density at radius 1 is 1.06 bits per heavy atom. The van der Waals surface area contributed by atoms with Crippen LogP contribution in [0.5, 0.6) is 0 Å². The number of hydrogen-bond donors (Lipinski definition) is 0. The summed E-state index contributed by atoms with van der Waals surface area (Å²) < 4.78 is 2.24. The molecule has 1 heterocycles. The molecule has 2 aromatic rings. The van der Waals surface area contributed by atoms with Crippen LogP contribution in [0.2, 0.25) is 19.6 Å². The lowest BCUT2D eigenvalue weighted by atomic mass is 10.3. The molecule has 0 atom stereocenters. The summed E-state index contributed by atoms with van der Waals surface area (Å²) in [4.78, 5) is 9.07. The van der Waals surface area contributed by atoms with Crippen LogP contribution in [0.3, 0.4) is 0 Å². The average molecular weight is 386 g/mol. The van der Waals surface area contributed by atoms with Gasteiger partial charge in [-0.2, -0.15) is 0 Å². The molecule has 94 valence electrons. The van der Waals surface area contributed by atoms with Gasteiger partial charge in [0.05, 0.1) is 35.5 Å². The number of hydrogen-bond acceptors (Lipinski definition) is 2. The van der Waals surface area contributed by atoms with Gasteiger partial charge in [0.2, 0.25) is 0 Å². The second kappa shape index (κ2) is 5.23. The van der Waals surface area contributed by atoms with Crippen molar-refractivity contribution in [1.82, 2.24) is 9.97 Å². The Morgan fingerprint density at radius 3 is 2.28 bits per heavy atom. The van der Waals surface area contributed by atoms with Crippen molar-refractivity contribution in [3.05, 3.63) is 40.3 Å². The summed E-state index contributed by atoms with van der Waals surface area (Å²) in [5.41, 5.74) is 2.72. The Hall–Kier alpha value is -0.523. The van der Waals surface area contributed by atoms with Gasteiger partial charge in [-0.1, -0.05) is 47.7 Å². The number of halogens is 2. The molecule has 1 aromatic carbocycles. The fourth-order valence-electron chi connectivity index (χ4n) is 1.50. The van der Waals surface area contributed by atoms with Gasteiger partial charge in [-0.25, -0.2) is 4.98 Å². The monoisotopic (exact) mass is 384 g/mol. The van der Waals surface area contributed by atoms with Crippen molar-refractivity contribution in [1.29, 1.82) is 0 Å². The minimum absolute atomic E-state index is 0.878. The molecule has 0 unspecified atom stereocenters. The standard InChI is InChI=1S/C13H14Br2N2Si/c1-18(2,3)13(15)12(14)11-8-16-9-6-4-5-7-10(9)17-11/h4-8H,1-3H3/b13-12-. The smallest absolute Gasteiger partial charge is 0.0966 e. The van der Waals surface area contributed by atoms with Gasteiger partial charge in [0.15, 0.2) is 0 Å². The molecule has 0 bridgehead atoms. The van der Waals surface area contributed by atoms with Crippen LogP contribution in [0.4, 0.5) is 0 Å². The van der Waals surface area contributed by atoms with E-state index in [4.69, 9.17) is 0 Å². The molecule has 0 saturated carbocycles. The lowest BCUT2D eigenvalue weighted by Gasteiger charge is -2.17. The quantitative estimate of drug-likeness (QED) is 0.682. The van der Waals surface area contributed by atoms with E-state index in [1.54, 1.807) is 0 Å². The number of rotatable bonds is 2. The van der Waals surface area contributed by atoms with Crippen LogP contribution in [-0.4, -0.2) is 18.0 Å². The molecular weight excluding hydrogens is 372 g/mol. The summed E-state index contributed by atoms with van der Waals surface area (Å²) >= 11 is 7.33. The lowest BCUT2D eigenvalue weighted by molar-refractivity contribution is 1.26. The van der Waals surface area contributed by atoms with Crippen LogP contribution in [0, 0.1) is 0 Å². The van der Waals surface area contributed by atoms with Crippen molar-refractivity contribution < 1.29 is 0 Å². The first-order chi connectivity index (χ1) is 8.39. The first kappa shape index (κ1) is 13.9. The van der Waals surface area contributed by atoms with Gasteiger partial charge >= 0.3 is 0 Å². The van der Waals surface area contributed by atoms with E-state index in [0.29, 0.717) is 0 Å². The van der Waals surface area contributed by atoms with Gasteiger partial charge in [-0.15, -0.1) is 0 Å². The van der Waals surface area contributed by atoms with Crippen LogP contribution in [0.25, 0.3) is 15.5 Å². The molecule has 5 heteroatoms. The van der Waals surface area contributed by atoms with Gasteiger partial charge in [-0.05, 0) is 32.2 Å². The summed E-state index contributed by atoms with van der Waals surface area (Å²) in [6.45, 7) is 6.85. The van der Waals surface area contributed by atoms with E-state index in [9.17, 15) is 0 Å². The molecule has 0 radical (unpaired) electrons. The Labute approximate surface area is 125 Å². The molecule has 0 spiro atoms. The number of fused-ring (bicyclic) bond motifs is 1. The highest BCUT2D eigenvalue weighted by Crippen LogP contribution is 2.33. The Morgan fingerprint density at radius 2 is 1.67 bits per heavy atom. The predicted octanol–water partition coefficient (Wildman–Crippen LogP) is 4.97. The Kier molecular flexibility index (Phi) is 4.04. The maximum atomic E-state index is 4.63. The molecule has 0 fully saturated rings. The number of nitrogens with zero attached hydrogens (tertiary/aromatic N) is 2. The van der Waals surface area contributed by atoms with Crippen molar-refractivity contribution in [2.45, 2.75) is 19.6 Å². The van der Waals surface area contributed by atoms with E-state index in [-0.39, 0.29) is 0 Å². The fraction of sp³-hybridized carbons (Fsp3) is 0.231. The van der Waals surface area contributed by atoms with Crippen LogP contribution < -0.4 is 0 Å². The highest BCUT2D eigenvalue weighted by Gasteiger charge is 2.21. The Balaban J connectivity index is 2.55. The number of aromatic nitrogens is 2. The fourth-order valence-corrected chi connectivity index (χ4v) is 4.47. The lowest BCUT2D eigenvalue weighted by Crippen LogP contribution is -2.21. The molecular formula is C13H14Br2N2Si. The van der Waals surface area contributed by atoms with Crippen molar-refractivity contribution in [2.75, 3.05) is 0 Å². The Bertz CT molecular complexity index is 618. The van der Waals surface area contributed by atoms with E-state index in [2.05, 4.69) is 61.5 Å². The van der Waals surface area contributed by atoms with Crippen LogP contribution in [0.15, 0.2) is 34.6 Å². The van der Waals surface area contributed by atoms with E-state index < -0.39 is 8.07 Å². The van der Waals surface area contributed by atoms with Crippen LogP contribution >= 0.6 is 31.9 Å². The topological polar surface area (TPSA) is 25.8 Å². The third kappa shape index (κ3) is 2.89. The zero-order chi connectivity index (χ0) is 13.3. The molecule has 0 N–H and O–H groups in total. The molecule has 0 amide bonds. The maximum absolute atomic E-state index is 4.63. The maximum Gasteiger partial charge on any atom is 0.0966 e. The highest BCUT2D eigenvalue weighted by atomic mass is 79.9. The largest absolute Gasteiger partial charge is 0.252 e. The molecule has 0 aliphatic carbocycles. The SMILES string of the molecule is C[Si](C)(C)/C(Br)=C(\Br)c1cnc2ccccc2n1. The molecule has 1 aromatic heterocycles. The highest BCUT2D eigenvalue weighted by molar-refractivity contribution is 9.17. The van der Waals surface area contributed by atoms with E-state index in [1.165, 1.54) is 4.11 Å². The molecule has 0 aliphatic heterocycles. The first-order valence-corrected chi connectivity index (χ1v) is 10.8. The van der Waals surface area contributed by atoms with E-state index >= 15 is 0 Å². The van der Waals surface area contributed by atoms with Gasteiger partial charge in [0.25, 0.3) is 0 Å². The zero-order valence-electron chi connectivity index (χ0n) is 10.5. The average Bonchev–Trinajstić information content (AvgIpc) is 2.35. The molecule has 2 nitrogen and oxygen atoms in total. The number of para-hydroxylation sites is 2. The predicted molar refractivity (Wildman–Crippen MR) is 87.7 cm³/mol. The molecule has 0 saturated heterocycles. The van der Waals surface area contributed by atoms with Crippen LogP contribution in [-0.2, 0) is 0 Å². The van der Waals surface area contributed by atoms with Gasteiger partial charge in [0, 0.05) is 0 Å². The molecule has 0 aliphatic rings. The molecule has 2 rings (SSSR count). The van der Waals surface area contributed by atoms with Gasteiger partial charge in [0.1, 0.15) is 0 Å². The molecule has 18 heavy (non-hydrogen) atoms. The third-order valence-electron chi connectivity index (χ3n) is 2.52. The number of benzene rings is 1. The van der Waals surface area contributed by atoms with E-state index in [0.717, 1.165) is 21.2 Å². The second-order valence-corrected chi connectivity index (χ2v) is 12.4. The first-order valence-electron chi connectivity index (χ1n) is 5.67. The zero-order valence-corrected chi connectivity index (χ0v) is 14.7. The van der Waals surface area contributed by atoms with Gasteiger partial charge in [-0.3, -0.25) is 4.98 Å². The van der Waals surface area contributed by atoms with Crippen molar-refractivity contribution in [3.8, 4) is 0 Å². The summed E-state index contributed by atoms with van der Waals surface area (Å²) in [5, 5.41) is 0. The summed E-state index contributed by atoms with van der Waals surface area (Å²) in [7, 11) is -1.39. The normalized spacial score (nSPS) is 13.6. The van der Waals surface area contributed by atoms with E-state index in [1.807, 2.05) is 30.5 Å². The minimum atomic E-state index is -1.39. The summed E-state index contributed by atoms with van der Waals surface area (Å²) in [6.07, 6.45) is 1.81. The minimum Gasteiger partial charge on any atom is -0.252 e. The van der Waals surface area contributed by atoms with Gasteiger partial charge < -0.3 is 0 Å². The second-order valence-electron chi connectivity index (χ2n) is 5.12.